The van der Waals surface area contributed by atoms with E-state index in [0.717, 1.165) is 23.5 Å². The largest absolute Gasteiger partial charge is 0.494 e. The van der Waals surface area contributed by atoms with Crippen LogP contribution in [0.3, 0.4) is 0 Å². The minimum Gasteiger partial charge on any atom is -0.494 e. The summed E-state index contributed by atoms with van der Waals surface area (Å²) in [4.78, 5) is 29.4. The Kier molecular flexibility index (Phi) is 4.60. The first-order valence-electron chi connectivity index (χ1n) is 9.52. The Morgan fingerprint density at radius 1 is 1.11 bits per heavy atom. The van der Waals surface area contributed by atoms with Gasteiger partial charge in [-0.15, -0.1) is 0 Å². The highest BCUT2D eigenvalue weighted by atomic mass is 16.5. The first kappa shape index (κ1) is 17.6. The monoisotopic (exact) mass is 364 g/mol. The molecule has 0 aromatic heterocycles. The lowest BCUT2D eigenvalue weighted by Gasteiger charge is -2.26. The molecule has 5 heteroatoms. The Hall–Kier alpha value is -2.82. The van der Waals surface area contributed by atoms with Crippen LogP contribution in [0.15, 0.2) is 48.5 Å². The van der Waals surface area contributed by atoms with Gasteiger partial charge in [0.1, 0.15) is 5.75 Å². The summed E-state index contributed by atoms with van der Waals surface area (Å²) in [6, 6.07) is 15.6. The molecule has 27 heavy (non-hydrogen) atoms. The number of nitrogens with zero attached hydrogens (tertiary/aromatic N) is 2. The van der Waals surface area contributed by atoms with Crippen LogP contribution in [0.25, 0.3) is 0 Å². The van der Waals surface area contributed by atoms with E-state index in [4.69, 9.17) is 4.74 Å². The second-order valence-electron chi connectivity index (χ2n) is 7.22. The summed E-state index contributed by atoms with van der Waals surface area (Å²) >= 11 is 0. The number of carbonyl (C=O) groups excluding carboxylic acids is 2. The highest BCUT2D eigenvalue weighted by molar-refractivity contribution is 6.05. The maximum atomic E-state index is 13.2. The summed E-state index contributed by atoms with van der Waals surface area (Å²) in [6.45, 7) is 5.04. The third-order valence-electron chi connectivity index (χ3n) is 5.38. The number of hydrogen-bond donors (Lipinski definition) is 0. The minimum absolute atomic E-state index is 0.00218. The molecule has 1 saturated heterocycles. The molecule has 0 N–H and O–H groups in total. The van der Waals surface area contributed by atoms with E-state index in [1.165, 1.54) is 5.56 Å². The molecule has 0 saturated carbocycles. The smallest absolute Gasteiger partial charge is 0.232 e. The van der Waals surface area contributed by atoms with Gasteiger partial charge in [-0.1, -0.05) is 18.2 Å². The van der Waals surface area contributed by atoms with Gasteiger partial charge < -0.3 is 14.5 Å². The molecule has 2 heterocycles. The molecule has 2 aliphatic heterocycles. The van der Waals surface area contributed by atoms with Gasteiger partial charge >= 0.3 is 0 Å². The predicted molar refractivity (Wildman–Crippen MR) is 105 cm³/mol. The predicted octanol–water partition coefficient (Wildman–Crippen LogP) is 3.42. The fraction of sp³-hybridized carbons (Fsp3) is 0.364. The van der Waals surface area contributed by atoms with Gasteiger partial charge in [-0.3, -0.25) is 9.59 Å². The molecule has 2 aromatic carbocycles. The number of hydrogen-bond acceptors (Lipinski definition) is 3. The summed E-state index contributed by atoms with van der Waals surface area (Å²) in [5.74, 6) is 0.521. The number of para-hydroxylation sites is 1. The summed E-state index contributed by atoms with van der Waals surface area (Å²) in [6.07, 6.45) is 1.13. The number of anilines is 2. The number of rotatable bonds is 4. The van der Waals surface area contributed by atoms with Crippen LogP contribution in [-0.2, 0) is 16.0 Å². The average Bonchev–Trinajstić information content (AvgIpc) is 3.21. The normalized spacial score (nSPS) is 21.5. The molecule has 2 amide bonds. The molecule has 0 unspecified atom stereocenters. The first-order chi connectivity index (χ1) is 13.1. The maximum Gasteiger partial charge on any atom is 0.232 e. The van der Waals surface area contributed by atoms with Crippen molar-refractivity contribution in [2.75, 3.05) is 23.0 Å². The van der Waals surface area contributed by atoms with Crippen molar-refractivity contribution in [3.8, 4) is 5.75 Å². The van der Waals surface area contributed by atoms with Crippen LogP contribution in [0.5, 0.6) is 5.75 Å². The minimum atomic E-state index is -0.308. The third kappa shape index (κ3) is 3.18. The van der Waals surface area contributed by atoms with Gasteiger partial charge in [-0.05, 0) is 56.2 Å². The second-order valence-corrected chi connectivity index (χ2v) is 7.22. The van der Waals surface area contributed by atoms with Gasteiger partial charge in [0.15, 0.2) is 0 Å². The average molecular weight is 364 g/mol. The van der Waals surface area contributed by atoms with Gasteiger partial charge in [0.25, 0.3) is 0 Å². The van der Waals surface area contributed by atoms with Crippen molar-refractivity contribution in [1.82, 2.24) is 0 Å². The van der Waals surface area contributed by atoms with Crippen LogP contribution in [0.2, 0.25) is 0 Å². The van der Waals surface area contributed by atoms with E-state index in [2.05, 4.69) is 13.0 Å². The zero-order valence-electron chi connectivity index (χ0n) is 15.7. The van der Waals surface area contributed by atoms with Crippen molar-refractivity contribution in [2.45, 2.75) is 32.7 Å². The molecule has 2 aromatic rings. The van der Waals surface area contributed by atoms with Crippen LogP contribution in [0.4, 0.5) is 11.4 Å². The van der Waals surface area contributed by atoms with Crippen LogP contribution in [-0.4, -0.2) is 31.0 Å². The Bertz CT molecular complexity index is 862. The summed E-state index contributed by atoms with van der Waals surface area (Å²) in [5.41, 5.74) is 3.00. The fourth-order valence-electron chi connectivity index (χ4n) is 4.11. The lowest BCUT2D eigenvalue weighted by atomic mass is 10.1. The lowest BCUT2D eigenvalue weighted by molar-refractivity contribution is -0.124. The van der Waals surface area contributed by atoms with Crippen LogP contribution in [0, 0.1) is 5.92 Å². The van der Waals surface area contributed by atoms with E-state index < -0.39 is 0 Å². The standard InChI is InChI=1S/C22H24N2O3/c1-3-27-19-10-8-18(9-11-19)23-14-17(13-21(23)25)22(26)24-15(2)12-16-6-4-5-7-20(16)24/h4-11,15,17H,3,12-14H2,1-2H3/t15-,17-/m1/s1. The molecule has 140 valence electrons. The van der Waals surface area contributed by atoms with Crippen molar-refractivity contribution < 1.29 is 14.3 Å². The number of ether oxygens (including phenoxy) is 1. The van der Waals surface area contributed by atoms with Crippen molar-refractivity contribution in [2.24, 2.45) is 5.92 Å². The molecule has 0 bridgehead atoms. The van der Waals surface area contributed by atoms with Gasteiger partial charge in [-0.25, -0.2) is 0 Å². The van der Waals surface area contributed by atoms with Crippen molar-refractivity contribution in [3.05, 3.63) is 54.1 Å². The summed E-state index contributed by atoms with van der Waals surface area (Å²) < 4.78 is 5.46. The Morgan fingerprint density at radius 3 is 2.59 bits per heavy atom. The molecule has 0 spiro atoms. The second kappa shape index (κ2) is 7.06. The molecule has 0 aliphatic carbocycles. The summed E-state index contributed by atoms with van der Waals surface area (Å²) in [5, 5.41) is 0. The zero-order chi connectivity index (χ0) is 19.0. The number of carbonyl (C=O) groups is 2. The van der Waals surface area contributed by atoms with E-state index in [9.17, 15) is 9.59 Å². The van der Waals surface area contributed by atoms with Gasteiger partial charge in [0.05, 0.1) is 12.5 Å². The Labute approximate surface area is 159 Å². The molecule has 5 nitrogen and oxygen atoms in total. The number of benzene rings is 2. The van der Waals surface area contributed by atoms with E-state index >= 15 is 0 Å². The van der Waals surface area contributed by atoms with Crippen LogP contribution < -0.4 is 14.5 Å². The quantitative estimate of drug-likeness (QED) is 0.835. The highest BCUT2D eigenvalue weighted by Gasteiger charge is 2.40. The van der Waals surface area contributed by atoms with E-state index in [-0.39, 0.29) is 30.2 Å². The molecular formula is C22H24N2O3. The third-order valence-corrected chi connectivity index (χ3v) is 5.38. The Morgan fingerprint density at radius 2 is 1.85 bits per heavy atom. The zero-order valence-corrected chi connectivity index (χ0v) is 15.7. The molecular weight excluding hydrogens is 340 g/mol. The molecule has 2 aliphatic rings. The SMILES string of the molecule is CCOc1ccc(N2C[C@H](C(=O)N3c4ccccc4C[C@H]3C)CC2=O)cc1. The van der Waals surface area contributed by atoms with Crippen molar-refractivity contribution >= 4 is 23.2 Å². The van der Waals surface area contributed by atoms with E-state index in [1.807, 2.05) is 54.3 Å². The van der Waals surface area contributed by atoms with Crippen LogP contribution in [0.1, 0.15) is 25.8 Å². The van der Waals surface area contributed by atoms with Crippen molar-refractivity contribution in [3.63, 3.8) is 0 Å². The fourth-order valence-corrected chi connectivity index (χ4v) is 4.11. The maximum absolute atomic E-state index is 13.2. The molecule has 1 fully saturated rings. The van der Waals surface area contributed by atoms with E-state index in [1.54, 1.807) is 4.90 Å². The topological polar surface area (TPSA) is 49.9 Å². The molecule has 4 rings (SSSR count). The number of amides is 2. The van der Waals surface area contributed by atoms with Gasteiger partial charge in [-0.2, -0.15) is 0 Å². The Balaban J connectivity index is 1.51. The summed E-state index contributed by atoms with van der Waals surface area (Å²) in [7, 11) is 0. The molecule has 0 radical (unpaired) electrons. The first-order valence-corrected chi connectivity index (χ1v) is 9.52. The van der Waals surface area contributed by atoms with E-state index in [0.29, 0.717) is 13.2 Å². The van der Waals surface area contributed by atoms with Gasteiger partial charge in [0.2, 0.25) is 11.8 Å². The van der Waals surface area contributed by atoms with Crippen LogP contribution >= 0.6 is 0 Å². The van der Waals surface area contributed by atoms with Gasteiger partial charge in [0, 0.05) is 30.4 Å². The highest BCUT2D eigenvalue weighted by Crippen LogP contribution is 2.35. The lowest BCUT2D eigenvalue weighted by Crippen LogP contribution is -2.41. The number of fused-ring (bicyclic) bond motifs is 1. The molecule has 2 atom stereocenters. The van der Waals surface area contributed by atoms with Crippen molar-refractivity contribution in [1.29, 1.82) is 0 Å².